The van der Waals surface area contributed by atoms with Crippen molar-refractivity contribution in [3.63, 3.8) is 0 Å². The van der Waals surface area contributed by atoms with E-state index in [4.69, 9.17) is 4.74 Å². The van der Waals surface area contributed by atoms with Crippen molar-refractivity contribution in [3.05, 3.63) is 46.3 Å². The molecule has 0 aromatic carbocycles. The molecule has 0 atom stereocenters. The van der Waals surface area contributed by atoms with Gasteiger partial charge in [-0.15, -0.1) is 0 Å². The van der Waals surface area contributed by atoms with Crippen molar-refractivity contribution in [2.45, 2.75) is 19.4 Å². The molecular formula is C14H16N2O2S. The van der Waals surface area contributed by atoms with E-state index in [9.17, 15) is 4.79 Å². The fourth-order valence-corrected chi connectivity index (χ4v) is 2.42. The molecule has 0 saturated carbocycles. The van der Waals surface area contributed by atoms with Crippen LogP contribution in [0.2, 0.25) is 0 Å². The Hall–Kier alpha value is -1.88. The van der Waals surface area contributed by atoms with Gasteiger partial charge in [-0.05, 0) is 34.9 Å². The summed E-state index contributed by atoms with van der Waals surface area (Å²) < 4.78 is 5.14. The molecule has 2 heterocycles. The lowest BCUT2D eigenvalue weighted by Gasteiger charge is -2.08. The van der Waals surface area contributed by atoms with Crippen LogP contribution in [0.1, 0.15) is 17.5 Å². The molecule has 0 aliphatic heterocycles. The van der Waals surface area contributed by atoms with Crippen molar-refractivity contribution < 1.29 is 9.53 Å². The summed E-state index contributed by atoms with van der Waals surface area (Å²) in [5.41, 5.74) is 2.09. The standard InChI is InChI=1S/C14H16N2O2S/c1-18-14-12(3-2-7-15-14)9-16-13(17)5-4-11-6-8-19-10-11/h2-3,6-8,10H,4-5,9H2,1H3,(H,16,17). The number of aromatic nitrogens is 1. The van der Waals surface area contributed by atoms with Crippen molar-refractivity contribution in [3.8, 4) is 5.88 Å². The minimum atomic E-state index is 0.0390. The molecule has 0 aliphatic carbocycles. The molecule has 1 amide bonds. The summed E-state index contributed by atoms with van der Waals surface area (Å²) in [5, 5.41) is 6.97. The molecule has 100 valence electrons. The zero-order valence-corrected chi connectivity index (χ0v) is 11.6. The minimum absolute atomic E-state index is 0.0390. The number of ether oxygens (including phenoxy) is 1. The minimum Gasteiger partial charge on any atom is -0.481 e. The van der Waals surface area contributed by atoms with E-state index in [1.54, 1.807) is 24.6 Å². The van der Waals surface area contributed by atoms with E-state index >= 15 is 0 Å². The maximum absolute atomic E-state index is 11.7. The number of carbonyl (C=O) groups is 1. The smallest absolute Gasteiger partial charge is 0.220 e. The Morgan fingerprint density at radius 2 is 2.37 bits per heavy atom. The van der Waals surface area contributed by atoms with Crippen LogP contribution >= 0.6 is 11.3 Å². The van der Waals surface area contributed by atoms with Gasteiger partial charge in [0, 0.05) is 24.7 Å². The Labute approximate surface area is 116 Å². The number of methoxy groups -OCH3 is 1. The zero-order chi connectivity index (χ0) is 13.5. The molecule has 0 unspecified atom stereocenters. The Bertz CT molecular complexity index is 526. The molecule has 0 aliphatic rings. The molecular weight excluding hydrogens is 260 g/mol. The van der Waals surface area contributed by atoms with E-state index in [0.717, 1.165) is 12.0 Å². The number of amides is 1. The molecule has 2 rings (SSSR count). The molecule has 19 heavy (non-hydrogen) atoms. The van der Waals surface area contributed by atoms with Crippen LogP contribution in [0, 0.1) is 0 Å². The molecule has 4 nitrogen and oxygen atoms in total. The molecule has 5 heteroatoms. The average Bonchev–Trinajstić information content (AvgIpc) is 2.96. The third-order valence-electron chi connectivity index (χ3n) is 2.74. The zero-order valence-electron chi connectivity index (χ0n) is 10.8. The molecule has 2 aromatic rings. The number of nitrogens with one attached hydrogen (secondary N) is 1. The SMILES string of the molecule is COc1ncccc1CNC(=O)CCc1ccsc1. The van der Waals surface area contributed by atoms with Crippen molar-refractivity contribution in [2.75, 3.05) is 7.11 Å². The second-order valence-corrected chi connectivity index (χ2v) is 4.86. The van der Waals surface area contributed by atoms with Gasteiger partial charge in [0.2, 0.25) is 11.8 Å². The Balaban J connectivity index is 1.80. The first-order valence-corrected chi connectivity index (χ1v) is 6.99. The van der Waals surface area contributed by atoms with Crippen molar-refractivity contribution in [1.82, 2.24) is 10.3 Å². The van der Waals surface area contributed by atoms with Crippen LogP contribution in [0.5, 0.6) is 5.88 Å². The first-order chi connectivity index (χ1) is 9.29. The number of carbonyl (C=O) groups excluding carboxylic acids is 1. The Morgan fingerprint density at radius 3 is 3.11 bits per heavy atom. The van der Waals surface area contributed by atoms with E-state index in [-0.39, 0.29) is 5.91 Å². The van der Waals surface area contributed by atoms with Crippen molar-refractivity contribution >= 4 is 17.2 Å². The van der Waals surface area contributed by atoms with Crippen molar-refractivity contribution in [1.29, 1.82) is 0 Å². The number of hydrogen-bond acceptors (Lipinski definition) is 4. The molecule has 0 bridgehead atoms. The number of rotatable bonds is 6. The average molecular weight is 276 g/mol. The van der Waals surface area contributed by atoms with Crippen LogP contribution in [0.4, 0.5) is 0 Å². The molecule has 0 radical (unpaired) electrons. The van der Waals surface area contributed by atoms with Crippen LogP contribution in [-0.4, -0.2) is 18.0 Å². The Kier molecular flexibility index (Phi) is 4.92. The van der Waals surface area contributed by atoms with Gasteiger partial charge in [0.05, 0.1) is 7.11 Å². The number of pyridine rings is 1. The van der Waals surface area contributed by atoms with Crippen LogP contribution in [-0.2, 0) is 17.8 Å². The van der Waals surface area contributed by atoms with Crippen LogP contribution in [0.3, 0.4) is 0 Å². The summed E-state index contributed by atoms with van der Waals surface area (Å²) in [7, 11) is 1.57. The van der Waals surface area contributed by atoms with E-state index in [0.29, 0.717) is 18.8 Å². The first kappa shape index (κ1) is 13.5. The predicted octanol–water partition coefficient (Wildman–Crippen LogP) is 2.40. The quantitative estimate of drug-likeness (QED) is 0.881. The fraction of sp³-hybridized carbons (Fsp3) is 0.286. The van der Waals surface area contributed by atoms with Crippen LogP contribution < -0.4 is 10.1 Å². The van der Waals surface area contributed by atoms with Crippen LogP contribution in [0.25, 0.3) is 0 Å². The molecule has 0 saturated heterocycles. The third-order valence-corrected chi connectivity index (χ3v) is 3.47. The summed E-state index contributed by atoms with van der Waals surface area (Å²) in [6.07, 6.45) is 2.94. The second kappa shape index (κ2) is 6.89. The summed E-state index contributed by atoms with van der Waals surface area (Å²) >= 11 is 1.65. The third kappa shape index (κ3) is 4.06. The topological polar surface area (TPSA) is 51.2 Å². The van der Waals surface area contributed by atoms with Gasteiger partial charge in [0.15, 0.2) is 0 Å². The molecule has 0 spiro atoms. The normalized spacial score (nSPS) is 10.2. The highest BCUT2D eigenvalue weighted by molar-refractivity contribution is 7.07. The lowest BCUT2D eigenvalue weighted by atomic mass is 10.2. The fourth-order valence-electron chi connectivity index (χ4n) is 1.72. The van der Waals surface area contributed by atoms with Crippen LogP contribution in [0.15, 0.2) is 35.2 Å². The van der Waals surface area contributed by atoms with Gasteiger partial charge in [-0.25, -0.2) is 4.98 Å². The number of thiophene rings is 1. The van der Waals surface area contributed by atoms with Gasteiger partial charge in [-0.3, -0.25) is 4.79 Å². The Morgan fingerprint density at radius 1 is 1.47 bits per heavy atom. The van der Waals surface area contributed by atoms with Crippen molar-refractivity contribution in [2.24, 2.45) is 0 Å². The lowest BCUT2D eigenvalue weighted by Crippen LogP contribution is -2.23. The highest BCUT2D eigenvalue weighted by Crippen LogP contribution is 2.13. The highest BCUT2D eigenvalue weighted by Gasteiger charge is 2.06. The van der Waals surface area contributed by atoms with Gasteiger partial charge in [0.1, 0.15) is 0 Å². The number of hydrogen-bond donors (Lipinski definition) is 1. The second-order valence-electron chi connectivity index (χ2n) is 4.08. The predicted molar refractivity (Wildman–Crippen MR) is 75.3 cm³/mol. The summed E-state index contributed by atoms with van der Waals surface area (Å²) in [5.74, 6) is 0.595. The molecule has 1 N–H and O–H groups in total. The van der Waals surface area contributed by atoms with E-state index < -0.39 is 0 Å². The maximum atomic E-state index is 11.7. The van der Waals surface area contributed by atoms with Gasteiger partial charge in [-0.1, -0.05) is 6.07 Å². The molecule has 0 fully saturated rings. The number of nitrogens with zero attached hydrogens (tertiary/aromatic N) is 1. The van der Waals surface area contributed by atoms with Gasteiger partial charge in [-0.2, -0.15) is 11.3 Å². The van der Waals surface area contributed by atoms with E-state index in [1.807, 2.05) is 23.6 Å². The van der Waals surface area contributed by atoms with Gasteiger partial charge < -0.3 is 10.1 Å². The van der Waals surface area contributed by atoms with Gasteiger partial charge in [0.25, 0.3) is 0 Å². The number of aryl methyl sites for hydroxylation is 1. The largest absolute Gasteiger partial charge is 0.481 e. The monoisotopic (exact) mass is 276 g/mol. The maximum Gasteiger partial charge on any atom is 0.220 e. The molecule has 2 aromatic heterocycles. The summed E-state index contributed by atoms with van der Waals surface area (Å²) in [4.78, 5) is 15.8. The van der Waals surface area contributed by atoms with Gasteiger partial charge >= 0.3 is 0 Å². The summed E-state index contributed by atoms with van der Waals surface area (Å²) in [6.45, 7) is 0.444. The summed E-state index contributed by atoms with van der Waals surface area (Å²) in [6, 6.07) is 5.77. The van der Waals surface area contributed by atoms with E-state index in [2.05, 4.69) is 15.7 Å². The lowest BCUT2D eigenvalue weighted by molar-refractivity contribution is -0.121. The first-order valence-electron chi connectivity index (χ1n) is 6.05. The highest BCUT2D eigenvalue weighted by atomic mass is 32.1. The van der Waals surface area contributed by atoms with E-state index in [1.165, 1.54) is 5.56 Å².